The lowest BCUT2D eigenvalue weighted by Gasteiger charge is -2.07. The molecule has 0 bridgehead atoms. The zero-order chi connectivity index (χ0) is 20.1. The molecule has 28 heavy (non-hydrogen) atoms. The van der Waals surface area contributed by atoms with Gasteiger partial charge in [-0.1, -0.05) is 18.1 Å². The number of nitro groups is 1. The van der Waals surface area contributed by atoms with Crippen molar-refractivity contribution in [2.75, 3.05) is 5.32 Å². The Balaban J connectivity index is 1.60. The molecule has 0 saturated heterocycles. The van der Waals surface area contributed by atoms with Crippen LogP contribution in [-0.2, 0) is 11.2 Å². The quantitative estimate of drug-likeness (QED) is 0.382. The average Bonchev–Trinajstić information content (AvgIpc) is 3.03. The molecule has 1 amide bonds. The number of hydrogen-bond acceptors (Lipinski definition) is 6. The Morgan fingerprint density at radius 3 is 2.39 bits per heavy atom. The third kappa shape index (κ3) is 4.52. The van der Waals surface area contributed by atoms with E-state index in [1.807, 2.05) is 0 Å². The van der Waals surface area contributed by atoms with Crippen molar-refractivity contribution in [1.82, 2.24) is 4.37 Å². The van der Waals surface area contributed by atoms with E-state index in [-0.39, 0.29) is 18.0 Å². The summed E-state index contributed by atoms with van der Waals surface area (Å²) in [6.45, 7) is 1.80. The molecule has 1 heterocycles. The molecule has 3 aromatic rings. The van der Waals surface area contributed by atoms with Crippen molar-refractivity contribution < 1.29 is 14.5 Å². The Kier molecular flexibility index (Phi) is 5.67. The van der Waals surface area contributed by atoms with E-state index in [1.54, 1.807) is 31.2 Å². The molecular weight excluding hydrogens is 378 g/mol. The van der Waals surface area contributed by atoms with Gasteiger partial charge in [0.05, 0.1) is 22.6 Å². The zero-order valence-corrected chi connectivity index (χ0v) is 15.7. The second kappa shape index (κ2) is 8.33. The predicted molar refractivity (Wildman–Crippen MR) is 107 cm³/mol. The van der Waals surface area contributed by atoms with E-state index in [4.69, 9.17) is 11.2 Å². The van der Waals surface area contributed by atoms with Crippen molar-refractivity contribution in [2.24, 2.45) is 0 Å². The lowest BCUT2D eigenvalue weighted by Crippen LogP contribution is -2.14. The Labute approximate surface area is 165 Å². The molecule has 7 nitrogen and oxygen atoms in total. The maximum absolute atomic E-state index is 12.2. The van der Waals surface area contributed by atoms with E-state index in [9.17, 15) is 14.9 Å². The first-order chi connectivity index (χ1) is 13.5. The number of amides is 1. The lowest BCUT2D eigenvalue weighted by molar-refractivity contribution is -0.384. The zero-order valence-electron chi connectivity index (χ0n) is 14.8. The van der Waals surface area contributed by atoms with Crippen LogP contribution in [0.25, 0.3) is 0 Å². The number of terminal acetylenes is 1. The number of rotatable bonds is 6. The highest BCUT2D eigenvalue weighted by atomic mass is 32.1. The second-order valence-electron chi connectivity index (χ2n) is 5.84. The van der Waals surface area contributed by atoms with Crippen LogP contribution in [0.2, 0.25) is 0 Å². The number of anilines is 1. The average molecular weight is 393 g/mol. The number of carbonyl (C=O) groups excluding carboxylic acids is 1. The van der Waals surface area contributed by atoms with Gasteiger partial charge in [-0.05, 0) is 48.3 Å². The molecular formula is C20H15N3O4S. The maximum atomic E-state index is 12.2. The molecule has 0 unspecified atom stereocenters. The van der Waals surface area contributed by atoms with Gasteiger partial charge < -0.3 is 10.1 Å². The molecule has 0 saturated carbocycles. The minimum atomic E-state index is -0.469. The summed E-state index contributed by atoms with van der Waals surface area (Å²) < 4.78 is 9.79. The third-order valence-electron chi connectivity index (χ3n) is 3.83. The van der Waals surface area contributed by atoms with E-state index >= 15 is 0 Å². The van der Waals surface area contributed by atoms with Gasteiger partial charge in [0.2, 0.25) is 5.91 Å². The van der Waals surface area contributed by atoms with Crippen LogP contribution in [0.4, 0.5) is 10.7 Å². The second-order valence-corrected chi connectivity index (χ2v) is 6.61. The van der Waals surface area contributed by atoms with Gasteiger partial charge in [-0.25, -0.2) is 0 Å². The monoisotopic (exact) mass is 393 g/mol. The molecule has 2 aromatic carbocycles. The minimum absolute atomic E-state index is 0.00200. The fourth-order valence-electron chi connectivity index (χ4n) is 2.43. The van der Waals surface area contributed by atoms with Crippen LogP contribution < -0.4 is 10.1 Å². The molecule has 0 aliphatic carbocycles. The number of nitro benzene ring substituents is 1. The largest absolute Gasteiger partial charge is 0.457 e. The fourth-order valence-corrected chi connectivity index (χ4v) is 3.21. The molecule has 0 atom stereocenters. The van der Waals surface area contributed by atoms with Crippen molar-refractivity contribution in [1.29, 1.82) is 0 Å². The van der Waals surface area contributed by atoms with Crippen LogP contribution in [-0.4, -0.2) is 15.2 Å². The van der Waals surface area contributed by atoms with Crippen LogP contribution in [0.3, 0.4) is 0 Å². The summed E-state index contributed by atoms with van der Waals surface area (Å²) in [6.07, 6.45) is 5.62. The molecule has 1 aromatic heterocycles. The van der Waals surface area contributed by atoms with Gasteiger partial charge in [0.1, 0.15) is 16.5 Å². The summed E-state index contributed by atoms with van der Waals surface area (Å²) in [5.74, 6) is 3.39. The highest BCUT2D eigenvalue weighted by molar-refractivity contribution is 7.10. The van der Waals surface area contributed by atoms with E-state index < -0.39 is 4.92 Å². The molecule has 8 heteroatoms. The van der Waals surface area contributed by atoms with E-state index in [1.165, 1.54) is 24.3 Å². The van der Waals surface area contributed by atoms with E-state index in [2.05, 4.69) is 15.6 Å². The summed E-state index contributed by atoms with van der Waals surface area (Å²) in [4.78, 5) is 22.4. The number of nitrogens with one attached hydrogen (secondary N) is 1. The summed E-state index contributed by atoms with van der Waals surface area (Å²) in [7, 11) is 0. The molecule has 140 valence electrons. The summed E-state index contributed by atoms with van der Waals surface area (Å²) >= 11 is 1.16. The first kappa shape index (κ1) is 19.1. The Morgan fingerprint density at radius 2 is 1.82 bits per heavy atom. The number of hydrogen-bond donors (Lipinski definition) is 1. The molecule has 0 radical (unpaired) electrons. The van der Waals surface area contributed by atoms with Gasteiger partial charge in [0.15, 0.2) is 0 Å². The normalized spacial score (nSPS) is 10.1. The van der Waals surface area contributed by atoms with Gasteiger partial charge in [-0.15, -0.1) is 6.42 Å². The van der Waals surface area contributed by atoms with Gasteiger partial charge in [-0.3, -0.25) is 14.9 Å². The maximum Gasteiger partial charge on any atom is 0.269 e. The minimum Gasteiger partial charge on any atom is -0.457 e. The van der Waals surface area contributed by atoms with Crippen LogP contribution in [0.15, 0.2) is 48.5 Å². The van der Waals surface area contributed by atoms with Crippen molar-refractivity contribution in [3.8, 4) is 23.8 Å². The first-order valence-electron chi connectivity index (χ1n) is 8.20. The van der Waals surface area contributed by atoms with E-state index in [0.717, 1.165) is 22.8 Å². The van der Waals surface area contributed by atoms with Gasteiger partial charge >= 0.3 is 0 Å². The molecule has 0 aliphatic rings. The SMILES string of the molecule is C#Cc1c(C)nsc1NC(=O)Cc1ccc(Oc2ccc([N+](=O)[O-])cc2)cc1. The van der Waals surface area contributed by atoms with Gasteiger partial charge in [0.25, 0.3) is 5.69 Å². The summed E-state index contributed by atoms with van der Waals surface area (Å²) in [5.41, 5.74) is 2.12. The van der Waals surface area contributed by atoms with Crippen molar-refractivity contribution in [3.05, 3.63) is 75.5 Å². The highest BCUT2D eigenvalue weighted by Crippen LogP contribution is 2.25. The lowest BCUT2D eigenvalue weighted by atomic mass is 10.1. The number of benzene rings is 2. The summed E-state index contributed by atoms with van der Waals surface area (Å²) in [5, 5.41) is 14.0. The predicted octanol–water partition coefficient (Wildman–Crippen LogP) is 4.31. The fraction of sp³-hybridized carbons (Fsp3) is 0.100. The van der Waals surface area contributed by atoms with E-state index in [0.29, 0.717) is 22.1 Å². The van der Waals surface area contributed by atoms with Crippen molar-refractivity contribution in [2.45, 2.75) is 13.3 Å². The van der Waals surface area contributed by atoms with Crippen LogP contribution in [0.1, 0.15) is 16.8 Å². The smallest absolute Gasteiger partial charge is 0.269 e. The summed E-state index contributed by atoms with van der Waals surface area (Å²) in [6, 6.07) is 12.8. The standard InChI is InChI=1S/C20H15N3O4S/c1-3-18-13(2)22-28-20(18)21-19(24)12-14-4-8-16(9-5-14)27-17-10-6-15(7-11-17)23(25)26/h1,4-11H,12H2,2H3,(H,21,24). The number of ether oxygens (including phenoxy) is 1. The molecule has 1 N–H and O–H groups in total. The number of non-ortho nitro benzene ring substituents is 1. The third-order valence-corrected chi connectivity index (χ3v) is 4.69. The molecule has 3 rings (SSSR count). The van der Waals surface area contributed by atoms with Crippen molar-refractivity contribution >= 4 is 28.1 Å². The Hall–Kier alpha value is -3.70. The molecule has 0 aliphatic heterocycles. The van der Waals surface area contributed by atoms with Crippen molar-refractivity contribution in [3.63, 3.8) is 0 Å². The first-order valence-corrected chi connectivity index (χ1v) is 8.97. The number of aromatic nitrogens is 1. The topological polar surface area (TPSA) is 94.4 Å². The van der Waals surface area contributed by atoms with Crippen LogP contribution in [0.5, 0.6) is 11.5 Å². The highest BCUT2D eigenvalue weighted by Gasteiger charge is 2.12. The molecule has 0 fully saturated rings. The van der Waals surface area contributed by atoms with Gasteiger partial charge in [0, 0.05) is 12.1 Å². The number of nitrogens with zero attached hydrogens (tertiary/aromatic N) is 2. The number of carbonyl (C=O) groups is 1. The Bertz CT molecular complexity index is 1050. The molecule has 0 spiro atoms. The van der Waals surface area contributed by atoms with Crippen LogP contribution >= 0.6 is 11.5 Å². The number of aryl methyl sites for hydroxylation is 1. The van der Waals surface area contributed by atoms with Crippen LogP contribution in [0, 0.1) is 29.4 Å². The Morgan fingerprint density at radius 1 is 1.21 bits per heavy atom. The van der Waals surface area contributed by atoms with Gasteiger partial charge in [-0.2, -0.15) is 4.37 Å².